The van der Waals surface area contributed by atoms with Gasteiger partial charge in [0.25, 0.3) is 0 Å². The number of benzene rings is 1. The van der Waals surface area contributed by atoms with E-state index in [0.717, 1.165) is 17.0 Å². The molecule has 2 aromatic heterocycles. The van der Waals surface area contributed by atoms with Gasteiger partial charge in [0.05, 0.1) is 23.7 Å². The lowest BCUT2D eigenvalue weighted by atomic mass is 10.2. The summed E-state index contributed by atoms with van der Waals surface area (Å²) in [7, 11) is 0. The first-order valence-electron chi connectivity index (χ1n) is 7.44. The van der Waals surface area contributed by atoms with Crippen LogP contribution < -0.4 is 5.32 Å². The third kappa shape index (κ3) is 3.83. The first-order valence-corrected chi connectivity index (χ1v) is 8.43. The first kappa shape index (κ1) is 16.3. The molecule has 0 bridgehead atoms. The van der Waals surface area contributed by atoms with E-state index in [4.69, 9.17) is 4.42 Å². The maximum absolute atomic E-state index is 12.1. The van der Waals surface area contributed by atoms with Crippen molar-refractivity contribution in [1.82, 2.24) is 25.5 Å². The number of furan rings is 1. The van der Waals surface area contributed by atoms with Gasteiger partial charge < -0.3 is 9.73 Å². The number of hydrogen-bond acceptors (Lipinski definition) is 6. The van der Waals surface area contributed by atoms with E-state index >= 15 is 0 Å². The second kappa shape index (κ2) is 7.31. The molecule has 8 heteroatoms. The molecule has 7 nitrogen and oxygen atoms in total. The smallest absolute Gasteiger partial charge is 0.231 e. The highest BCUT2D eigenvalue weighted by molar-refractivity contribution is 7.99. The minimum Gasteiger partial charge on any atom is -0.467 e. The molecule has 3 aromatic rings. The molecular weight excluding hydrogens is 326 g/mol. The molecule has 0 aliphatic rings. The van der Waals surface area contributed by atoms with E-state index in [1.54, 1.807) is 17.0 Å². The number of tetrazole rings is 1. The molecule has 124 valence electrons. The van der Waals surface area contributed by atoms with Crippen molar-refractivity contribution in [2.45, 2.75) is 25.0 Å². The van der Waals surface area contributed by atoms with Crippen LogP contribution in [-0.4, -0.2) is 31.9 Å². The van der Waals surface area contributed by atoms with Gasteiger partial charge in [0, 0.05) is 0 Å². The van der Waals surface area contributed by atoms with Gasteiger partial charge in [-0.1, -0.05) is 23.9 Å². The Morgan fingerprint density at radius 2 is 2.25 bits per heavy atom. The van der Waals surface area contributed by atoms with Crippen molar-refractivity contribution in [3.05, 3.63) is 54.0 Å². The fraction of sp³-hybridized carbons (Fsp3) is 0.250. The fourth-order valence-corrected chi connectivity index (χ4v) is 2.91. The van der Waals surface area contributed by atoms with Crippen LogP contribution in [0.2, 0.25) is 0 Å². The van der Waals surface area contributed by atoms with Crippen LogP contribution >= 0.6 is 11.8 Å². The lowest BCUT2D eigenvalue weighted by molar-refractivity contribution is -0.119. The molecule has 0 spiro atoms. The molecule has 0 saturated carbocycles. The van der Waals surface area contributed by atoms with Crippen molar-refractivity contribution < 1.29 is 9.21 Å². The minimum absolute atomic E-state index is 0.109. The number of aryl methyl sites for hydroxylation is 1. The van der Waals surface area contributed by atoms with Crippen molar-refractivity contribution in [3.8, 4) is 5.69 Å². The maximum Gasteiger partial charge on any atom is 0.231 e. The Bertz CT molecular complexity index is 816. The summed E-state index contributed by atoms with van der Waals surface area (Å²) < 4.78 is 6.90. The highest BCUT2D eigenvalue weighted by Crippen LogP contribution is 2.19. The van der Waals surface area contributed by atoms with Crippen molar-refractivity contribution in [2.75, 3.05) is 5.75 Å². The summed E-state index contributed by atoms with van der Waals surface area (Å²) >= 11 is 1.29. The lowest BCUT2D eigenvalue weighted by Crippen LogP contribution is -2.28. The normalized spacial score (nSPS) is 12.1. The molecule has 0 fully saturated rings. The van der Waals surface area contributed by atoms with Crippen LogP contribution in [0, 0.1) is 6.92 Å². The SMILES string of the molecule is Cc1cccc(-n2nnnc2SCC(=O)N[C@@H](C)c2ccco2)c1. The number of hydrogen-bond donors (Lipinski definition) is 1. The molecule has 0 aliphatic carbocycles. The summed E-state index contributed by atoms with van der Waals surface area (Å²) in [5.41, 5.74) is 1.98. The van der Waals surface area contributed by atoms with Gasteiger partial charge in [-0.2, -0.15) is 4.68 Å². The molecule has 3 rings (SSSR count). The van der Waals surface area contributed by atoms with Gasteiger partial charge in [-0.15, -0.1) is 5.10 Å². The summed E-state index contributed by atoms with van der Waals surface area (Å²) in [5.74, 6) is 0.831. The summed E-state index contributed by atoms with van der Waals surface area (Å²) in [4.78, 5) is 12.1. The molecule has 1 aromatic carbocycles. The van der Waals surface area contributed by atoms with Crippen LogP contribution in [0.1, 0.15) is 24.3 Å². The molecule has 1 N–H and O–H groups in total. The number of amides is 1. The number of rotatable bonds is 6. The number of nitrogens with zero attached hydrogens (tertiary/aromatic N) is 4. The van der Waals surface area contributed by atoms with Crippen LogP contribution in [0.15, 0.2) is 52.2 Å². The van der Waals surface area contributed by atoms with Gasteiger partial charge in [-0.3, -0.25) is 4.79 Å². The Kier molecular flexibility index (Phi) is 4.95. The third-order valence-corrected chi connectivity index (χ3v) is 4.29. The number of carbonyl (C=O) groups is 1. The molecule has 0 unspecified atom stereocenters. The highest BCUT2D eigenvalue weighted by atomic mass is 32.2. The van der Waals surface area contributed by atoms with Crippen molar-refractivity contribution in [3.63, 3.8) is 0 Å². The predicted octanol–water partition coefficient (Wildman–Crippen LogP) is 2.53. The molecule has 2 heterocycles. The second-order valence-electron chi connectivity index (χ2n) is 5.31. The largest absolute Gasteiger partial charge is 0.467 e. The average molecular weight is 343 g/mol. The Balaban J connectivity index is 1.61. The van der Waals surface area contributed by atoms with E-state index in [9.17, 15) is 4.79 Å². The Morgan fingerprint density at radius 1 is 1.38 bits per heavy atom. The van der Waals surface area contributed by atoms with E-state index in [1.165, 1.54) is 11.8 Å². The van der Waals surface area contributed by atoms with Gasteiger partial charge in [-0.25, -0.2) is 0 Å². The maximum atomic E-state index is 12.1. The molecule has 1 atom stereocenters. The quantitative estimate of drug-likeness (QED) is 0.692. The molecule has 0 radical (unpaired) electrons. The second-order valence-corrected chi connectivity index (χ2v) is 6.25. The predicted molar refractivity (Wildman–Crippen MR) is 89.9 cm³/mol. The van der Waals surface area contributed by atoms with Crippen molar-refractivity contribution >= 4 is 17.7 Å². The lowest BCUT2D eigenvalue weighted by Gasteiger charge is -2.11. The van der Waals surface area contributed by atoms with E-state index in [2.05, 4.69) is 20.8 Å². The van der Waals surface area contributed by atoms with E-state index in [-0.39, 0.29) is 17.7 Å². The molecular formula is C16H17N5O2S. The molecule has 0 saturated heterocycles. The van der Waals surface area contributed by atoms with Crippen LogP contribution in [0.4, 0.5) is 0 Å². The van der Waals surface area contributed by atoms with Gasteiger partial charge in [0.2, 0.25) is 11.1 Å². The summed E-state index contributed by atoms with van der Waals surface area (Å²) in [6.07, 6.45) is 1.59. The Hall–Kier alpha value is -2.61. The van der Waals surface area contributed by atoms with Gasteiger partial charge in [-0.05, 0) is 54.1 Å². The van der Waals surface area contributed by atoms with E-state index in [1.807, 2.05) is 44.2 Å². The standard InChI is InChI=1S/C16H17N5O2S/c1-11-5-3-6-13(9-11)21-16(18-19-20-21)24-10-15(22)17-12(2)14-7-4-8-23-14/h3-9,12H,10H2,1-2H3,(H,17,22)/t12-/m0/s1. The molecule has 1 amide bonds. The zero-order chi connectivity index (χ0) is 16.9. The Labute approximate surface area is 143 Å². The third-order valence-electron chi connectivity index (χ3n) is 3.37. The topological polar surface area (TPSA) is 85.8 Å². The zero-order valence-electron chi connectivity index (χ0n) is 13.3. The monoisotopic (exact) mass is 343 g/mol. The summed E-state index contributed by atoms with van der Waals surface area (Å²) in [6, 6.07) is 11.3. The summed E-state index contributed by atoms with van der Waals surface area (Å²) in [6.45, 7) is 3.88. The summed E-state index contributed by atoms with van der Waals surface area (Å²) in [5, 5.41) is 15.1. The van der Waals surface area contributed by atoms with E-state index < -0.39 is 0 Å². The van der Waals surface area contributed by atoms with Gasteiger partial charge >= 0.3 is 0 Å². The number of carbonyl (C=O) groups excluding carboxylic acids is 1. The fourth-order valence-electron chi connectivity index (χ4n) is 2.21. The Morgan fingerprint density at radius 3 is 3.00 bits per heavy atom. The number of nitrogens with one attached hydrogen (secondary N) is 1. The minimum atomic E-state index is -0.180. The van der Waals surface area contributed by atoms with Gasteiger partial charge in [0.1, 0.15) is 5.76 Å². The van der Waals surface area contributed by atoms with Gasteiger partial charge in [0.15, 0.2) is 0 Å². The van der Waals surface area contributed by atoms with Crippen LogP contribution in [0.3, 0.4) is 0 Å². The average Bonchev–Trinajstić information content (AvgIpc) is 3.24. The van der Waals surface area contributed by atoms with Crippen LogP contribution in [-0.2, 0) is 4.79 Å². The van der Waals surface area contributed by atoms with Crippen molar-refractivity contribution in [2.24, 2.45) is 0 Å². The van der Waals surface area contributed by atoms with E-state index in [0.29, 0.717) is 5.16 Å². The zero-order valence-corrected chi connectivity index (χ0v) is 14.2. The highest BCUT2D eigenvalue weighted by Gasteiger charge is 2.15. The van der Waals surface area contributed by atoms with Crippen LogP contribution in [0.5, 0.6) is 0 Å². The molecule has 0 aliphatic heterocycles. The first-order chi connectivity index (χ1) is 11.6. The number of thioether (sulfide) groups is 1. The van der Waals surface area contributed by atoms with Crippen LogP contribution in [0.25, 0.3) is 5.69 Å². The molecule has 24 heavy (non-hydrogen) atoms. The number of aromatic nitrogens is 4. The van der Waals surface area contributed by atoms with Crippen molar-refractivity contribution in [1.29, 1.82) is 0 Å².